The van der Waals surface area contributed by atoms with Gasteiger partial charge in [-0.05, 0) is 35.4 Å². The fourth-order valence-corrected chi connectivity index (χ4v) is 2.07. The zero-order valence-corrected chi connectivity index (χ0v) is 11.6. The lowest BCUT2D eigenvalue weighted by atomic mass is 9.98. The maximum absolute atomic E-state index is 11.3. The molecule has 0 radical (unpaired) electrons. The van der Waals surface area contributed by atoms with Gasteiger partial charge in [-0.3, -0.25) is 4.79 Å². The highest BCUT2D eigenvalue weighted by molar-refractivity contribution is 5.90. The number of methoxy groups -OCH3 is 2. The molecule has 0 heterocycles. The largest absolute Gasteiger partial charge is 0.497 e. The van der Waals surface area contributed by atoms with Gasteiger partial charge < -0.3 is 9.47 Å². The number of carbonyl (C=O) groups excluding carboxylic acids is 1. The van der Waals surface area contributed by atoms with Crippen LogP contribution in [0.1, 0.15) is 15.9 Å². The summed E-state index contributed by atoms with van der Waals surface area (Å²) < 4.78 is 10.5. The van der Waals surface area contributed by atoms with E-state index in [9.17, 15) is 4.79 Å². The lowest BCUT2D eigenvalue weighted by Crippen LogP contribution is -1.94. The summed E-state index contributed by atoms with van der Waals surface area (Å²) in [6.07, 6.45) is 2.57. The van der Waals surface area contributed by atoms with E-state index >= 15 is 0 Å². The van der Waals surface area contributed by atoms with Crippen LogP contribution in [-0.4, -0.2) is 20.5 Å². The average molecular weight is 268 g/mol. The quantitative estimate of drug-likeness (QED) is 0.773. The van der Waals surface area contributed by atoms with Gasteiger partial charge in [0.2, 0.25) is 0 Å². The predicted molar refractivity (Wildman–Crippen MR) is 80.5 cm³/mol. The minimum absolute atomic E-state index is 0.564. The third-order valence-electron chi connectivity index (χ3n) is 3.14. The molecule has 102 valence electrons. The molecule has 2 rings (SSSR count). The van der Waals surface area contributed by atoms with Crippen LogP contribution >= 0.6 is 0 Å². The van der Waals surface area contributed by atoms with Crippen molar-refractivity contribution in [3.8, 4) is 22.6 Å². The molecule has 0 amide bonds. The molecule has 0 aliphatic heterocycles. The topological polar surface area (TPSA) is 35.5 Å². The number of hydrogen-bond donors (Lipinski definition) is 0. The molecule has 0 N–H and O–H groups in total. The molecule has 0 fully saturated rings. The van der Waals surface area contributed by atoms with Crippen LogP contribution in [0, 0.1) is 0 Å². The molecule has 2 aromatic carbocycles. The van der Waals surface area contributed by atoms with Gasteiger partial charge in [0, 0.05) is 11.1 Å². The van der Waals surface area contributed by atoms with Crippen molar-refractivity contribution in [2.45, 2.75) is 0 Å². The van der Waals surface area contributed by atoms with Crippen LogP contribution in [0.5, 0.6) is 11.5 Å². The molecule has 0 bridgehead atoms. The van der Waals surface area contributed by atoms with Crippen LogP contribution in [0.25, 0.3) is 17.2 Å². The maximum Gasteiger partial charge on any atom is 0.150 e. The van der Waals surface area contributed by atoms with Gasteiger partial charge in [0.05, 0.1) is 14.2 Å². The Morgan fingerprint density at radius 2 is 1.75 bits per heavy atom. The molecule has 0 saturated carbocycles. The second-order valence-corrected chi connectivity index (χ2v) is 4.23. The lowest BCUT2D eigenvalue weighted by Gasteiger charge is -2.12. The summed E-state index contributed by atoms with van der Waals surface area (Å²) in [7, 11) is 3.18. The van der Waals surface area contributed by atoms with Gasteiger partial charge >= 0.3 is 0 Å². The first-order valence-electron chi connectivity index (χ1n) is 6.17. The standard InChI is InChI=1S/C17H16O3/c1-4-12-5-7-16(17(9-12)20-3)15-8-6-14(19-2)10-13(15)11-18/h4-11H,1H2,2-3H3. The zero-order valence-electron chi connectivity index (χ0n) is 11.6. The van der Waals surface area contributed by atoms with Gasteiger partial charge in [-0.25, -0.2) is 0 Å². The van der Waals surface area contributed by atoms with Crippen LogP contribution in [0.3, 0.4) is 0 Å². The first kappa shape index (κ1) is 13.9. The van der Waals surface area contributed by atoms with Crippen LogP contribution in [0.4, 0.5) is 0 Å². The molecule has 0 aliphatic carbocycles. The van der Waals surface area contributed by atoms with Crippen molar-refractivity contribution in [2.75, 3.05) is 14.2 Å². The number of benzene rings is 2. The fourth-order valence-electron chi connectivity index (χ4n) is 2.07. The number of aldehydes is 1. The molecule has 0 aliphatic rings. The summed E-state index contributed by atoms with van der Waals surface area (Å²) in [4.78, 5) is 11.3. The summed E-state index contributed by atoms with van der Waals surface area (Å²) in [6, 6.07) is 11.1. The summed E-state index contributed by atoms with van der Waals surface area (Å²) in [5.41, 5.74) is 3.21. The molecule has 0 atom stereocenters. The van der Waals surface area contributed by atoms with E-state index in [4.69, 9.17) is 9.47 Å². The summed E-state index contributed by atoms with van der Waals surface area (Å²) >= 11 is 0. The first-order chi connectivity index (χ1) is 9.73. The van der Waals surface area contributed by atoms with Gasteiger partial charge in [-0.1, -0.05) is 24.8 Å². The SMILES string of the molecule is C=Cc1ccc(-c2ccc(OC)cc2C=O)c(OC)c1. The first-order valence-corrected chi connectivity index (χ1v) is 6.17. The van der Waals surface area contributed by atoms with Crippen molar-refractivity contribution in [3.63, 3.8) is 0 Å². The Morgan fingerprint density at radius 3 is 2.35 bits per heavy atom. The number of hydrogen-bond acceptors (Lipinski definition) is 3. The van der Waals surface area contributed by atoms with Gasteiger partial charge in [0.25, 0.3) is 0 Å². The van der Waals surface area contributed by atoms with E-state index in [-0.39, 0.29) is 0 Å². The Labute approximate surface area is 118 Å². The fraction of sp³-hybridized carbons (Fsp3) is 0.118. The number of rotatable bonds is 5. The summed E-state index contributed by atoms with van der Waals surface area (Å²) in [6.45, 7) is 3.74. The van der Waals surface area contributed by atoms with Crippen molar-refractivity contribution in [1.29, 1.82) is 0 Å². The second-order valence-electron chi connectivity index (χ2n) is 4.23. The smallest absolute Gasteiger partial charge is 0.150 e. The van der Waals surface area contributed by atoms with Gasteiger partial charge in [0.1, 0.15) is 11.5 Å². The third-order valence-corrected chi connectivity index (χ3v) is 3.14. The normalized spacial score (nSPS) is 9.90. The summed E-state index contributed by atoms with van der Waals surface area (Å²) in [5, 5.41) is 0. The molecule has 20 heavy (non-hydrogen) atoms. The van der Waals surface area contributed by atoms with E-state index in [2.05, 4.69) is 6.58 Å². The van der Waals surface area contributed by atoms with Gasteiger partial charge in [-0.2, -0.15) is 0 Å². The van der Waals surface area contributed by atoms with E-state index in [1.54, 1.807) is 26.4 Å². The Morgan fingerprint density at radius 1 is 1.00 bits per heavy atom. The molecular formula is C17H16O3. The minimum Gasteiger partial charge on any atom is -0.497 e. The van der Waals surface area contributed by atoms with E-state index < -0.39 is 0 Å². The highest BCUT2D eigenvalue weighted by Gasteiger charge is 2.11. The minimum atomic E-state index is 0.564. The predicted octanol–water partition coefficient (Wildman–Crippen LogP) is 3.83. The molecular weight excluding hydrogens is 252 g/mol. The Kier molecular flexibility index (Phi) is 4.20. The second kappa shape index (κ2) is 6.06. The van der Waals surface area contributed by atoms with E-state index in [1.165, 1.54) is 0 Å². The molecule has 0 spiro atoms. The van der Waals surface area contributed by atoms with Crippen molar-refractivity contribution >= 4 is 12.4 Å². The Balaban J connectivity index is 2.61. The third kappa shape index (κ3) is 2.57. The van der Waals surface area contributed by atoms with Crippen molar-refractivity contribution in [2.24, 2.45) is 0 Å². The van der Waals surface area contributed by atoms with E-state index in [0.717, 1.165) is 23.0 Å². The van der Waals surface area contributed by atoms with Gasteiger partial charge in [-0.15, -0.1) is 0 Å². The monoisotopic (exact) mass is 268 g/mol. The molecule has 2 aromatic rings. The maximum atomic E-state index is 11.3. The van der Waals surface area contributed by atoms with E-state index in [1.807, 2.05) is 30.3 Å². The van der Waals surface area contributed by atoms with Crippen molar-refractivity contribution < 1.29 is 14.3 Å². The Hall–Kier alpha value is -2.55. The molecule has 3 heteroatoms. The molecule has 0 saturated heterocycles. The van der Waals surface area contributed by atoms with Crippen LogP contribution < -0.4 is 9.47 Å². The molecule has 0 aromatic heterocycles. The van der Waals surface area contributed by atoms with Crippen LogP contribution in [0.15, 0.2) is 43.0 Å². The lowest BCUT2D eigenvalue weighted by molar-refractivity contribution is 0.112. The highest BCUT2D eigenvalue weighted by atomic mass is 16.5. The van der Waals surface area contributed by atoms with Crippen LogP contribution in [0.2, 0.25) is 0 Å². The zero-order chi connectivity index (χ0) is 14.5. The highest BCUT2D eigenvalue weighted by Crippen LogP contribution is 2.34. The van der Waals surface area contributed by atoms with Crippen molar-refractivity contribution in [1.82, 2.24) is 0 Å². The van der Waals surface area contributed by atoms with Crippen molar-refractivity contribution in [3.05, 3.63) is 54.1 Å². The van der Waals surface area contributed by atoms with Crippen LogP contribution in [-0.2, 0) is 0 Å². The summed E-state index contributed by atoms with van der Waals surface area (Å²) in [5.74, 6) is 1.35. The number of ether oxygens (including phenoxy) is 2. The number of carbonyl (C=O) groups is 1. The van der Waals surface area contributed by atoms with E-state index in [0.29, 0.717) is 17.1 Å². The molecule has 3 nitrogen and oxygen atoms in total. The Bertz CT molecular complexity index is 645. The molecule has 0 unspecified atom stereocenters. The van der Waals surface area contributed by atoms with Gasteiger partial charge in [0.15, 0.2) is 6.29 Å². The average Bonchev–Trinajstić information content (AvgIpc) is 2.53.